The van der Waals surface area contributed by atoms with Crippen molar-refractivity contribution in [2.24, 2.45) is 0 Å². The van der Waals surface area contributed by atoms with Crippen LogP contribution in [-0.2, 0) is 6.54 Å². The van der Waals surface area contributed by atoms with Gasteiger partial charge in [-0.2, -0.15) is 0 Å². The first-order valence-electron chi connectivity index (χ1n) is 10.5. The van der Waals surface area contributed by atoms with Gasteiger partial charge in [0.15, 0.2) is 0 Å². The molecule has 3 aromatic rings. The Morgan fingerprint density at radius 3 is 2.48 bits per heavy atom. The van der Waals surface area contributed by atoms with Gasteiger partial charge in [0.1, 0.15) is 0 Å². The number of hydrogen-bond donors (Lipinski definition) is 2. The number of rotatable bonds is 4. The first-order valence-corrected chi connectivity index (χ1v) is 10.5. The summed E-state index contributed by atoms with van der Waals surface area (Å²) in [7, 11) is 0. The van der Waals surface area contributed by atoms with E-state index in [2.05, 4.69) is 44.8 Å². The largest absolute Gasteiger partial charge is 0.372 e. The number of aromatic nitrogens is 1. The van der Waals surface area contributed by atoms with Gasteiger partial charge in [-0.15, -0.1) is 0 Å². The van der Waals surface area contributed by atoms with Crippen LogP contribution in [0.3, 0.4) is 0 Å². The smallest absolute Gasteiger partial charge is 0.319 e. The first kappa shape index (κ1) is 19.2. The Hall–Kier alpha value is -3.08. The summed E-state index contributed by atoms with van der Waals surface area (Å²) in [6, 6.07) is 16.1. The quantitative estimate of drug-likeness (QED) is 0.635. The summed E-state index contributed by atoms with van der Waals surface area (Å²) in [6.45, 7) is 2.78. The molecule has 0 radical (unpaired) electrons. The van der Waals surface area contributed by atoms with Crippen LogP contribution in [0.1, 0.15) is 37.7 Å². The van der Waals surface area contributed by atoms with Crippen molar-refractivity contribution < 1.29 is 4.79 Å². The average Bonchev–Trinajstić information content (AvgIpc) is 2.73. The van der Waals surface area contributed by atoms with E-state index in [1.54, 1.807) is 12.4 Å². The maximum absolute atomic E-state index is 12.4. The average molecular weight is 389 g/mol. The summed E-state index contributed by atoms with van der Waals surface area (Å²) in [5.74, 6) is 0. The molecule has 0 bridgehead atoms. The van der Waals surface area contributed by atoms with E-state index in [0.717, 1.165) is 35.1 Å². The third kappa shape index (κ3) is 5.05. The van der Waals surface area contributed by atoms with Crippen LogP contribution in [0, 0.1) is 0 Å². The number of nitrogens with one attached hydrogen (secondary N) is 2. The molecule has 1 fully saturated rings. The van der Waals surface area contributed by atoms with Gasteiger partial charge in [-0.3, -0.25) is 4.98 Å². The number of hydrogen-bond acceptors (Lipinski definition) is 3. The molecule has 1 aliphatic heterocycles. The molecule has 1 aromatic heterocycles. The van der Waals surface area contributed by atoms with Crippen LogP contribution in [-0.4, -0.2) is 24.1 Å². The predicted octanol–water partition coefficient (Wildman–Crippen LogP) is 5.33. The minimum atomic E-state index is -0.206. The number of benzene rings is 2. The van der Waals surface area contributed by atoms with Crippen molar-refractivity contribution in [3.05, 3.63) is 66.5 Å². The molecule has 5 nitrogen and oxygen atoms in total. The van der Waals surface area contributed by atoms with Crippen LogP contribution in [0.4, 0.5) is 16.2 Å². The Balaban J connectivity index is 1.33. The van der Waals surface area contributed by atoms with Gasteiger partial charge in [-0.05, 0) is 42.7 Å². The summed E-state index contributed by atoms with van der Waals surface area (Å²) in [5.41, 5.74) is 3.16. The van der Waals surface area contributed by atoms with Crippen molar-refractivity contribution in [3.8, 4) is 0 Å². The molecule has 0 saturated carbocycles. The molecule has 4 rings (SSSR count). The summed E-state index contributed by atoms with van der Waals surface area (Å²) in [4.78, 5) is 19.0. The van der Waals surface area contributed by atoms with Crippen molar-refractivity contribution >= 4 is 28.2 Å². The number of carbonyl (C=O) groups is 1. The lowest BCUT2D eigenvalue weighted by atomic mass is 10.1. The Labute approximate surface area is 172 Å². The highest BCUT2D eigenvalue weighted by atomic mass is 16.2. The molecule has 0 aliphatic carbocycles. The highest BCUT2D eigenvalue weighted by Crippen LogP contribution is 2.22. The van der Waals surface area contributed by atoms with E-state index < -0.39 is 0 Å². The zero-order valence-electron chi connectivity index (χ0n) is 16.7. The second-order valence-electron chi connectivity index (χ2n) is 7.63. The molecule has 1 aliphatic rings. The molecule has 1 saturated heterocycles. The van der Waals surface area contributed by atoms with Crippen molar-refractivity contribution in [2.75, 3.05) is 23.3 Å². The molecule has 0 atom stereocenters. The summed E-state index contributed by atoms with van der Waals surface area (Å²) in [6.07, 6.45) is 10.1. The number of nitrogens with zero attached hydrogens (tertiary/aromatic N) is 2. The number of anilines is 2. The second-order valence-corrected chi connectivity index (χ2v) is 7.63. The van der Waals surface area contributed by atoms with E-state index in [1.807, 2.05) is 24.3 Å². The third-order valence-electron chi connectivity index (χ3n) is 5.54. The molecule has 0 spiro atoms. The monoisotopic (exact) mass is 388 g/mol. The molecule has 2 amide bonds. The third-order valence-corrected chi connectivity index (χ3v) is 5.54. The fourth-order valence-electron chi connectivity index (χ4n) is 3.91. The van der Waals surface area contributed by atoms with Crippen LogP contribution in [0.5, 0.6) is 0 Å². The van der Waals surface area contributed by atoms with E-state index in [4.69, 9.17) is 0 Å². The Bertz CT molecular complexity index is 941. The maximum atomic E-state index is 12.4. The van der Waals surface area contributed by atoms with Gasteiger partial charge in [0.25, 0.3) is 0 Å². The molecule has 2 aromatic carbocycles. The van der Waals surface area contributed by atoms with Crippen LogP contribution >= 0.6 is 0 Å². The van der Waals surface area contributed by atoms with Gasteiger partial charge in [0.2, 0.25) is 0 Å². The summed E-state index contributed by atoms with van der Waals surface area (Å²) in [5, 5.41) is 7.88. The van der Waals surface area contributed by atoms with E-state index in [9.17, 15) is 4.79 Å². The molecular formula is C24H28N4O. The predicted molar refractivity (Wildman–Crippen MR) is 119 cm³/mol. The Kier molecular flexibility index (Phi) is 6.25. The number of pyridine rings is 1. The van der Waals surface area contributed by atoms with Gasteiger partial charge in [-0.1, -0.05) is 43.5 Å². The number of amides is 2. The van der Waals surface area contributed by atoms with Crippen molar-refractivity contribution in [1.29, 1.82) is 0 Å². The van der Waals surface area contributed by atoms with Crippen molar-refractivity contribution in [3.63, 3.8) is 0 Å². The van der Waals surface area contributed by atoms with Crippen LogP contribution in [0.15, 0.2) is 60.9 Å². The van der Waals surface area contributed by atoms with Crippen molar-refractivity contribution in [2.45, 2.75) is 38.6 Å². The number of carbonyl (C=O) groups excluding carboxylic acids is 1. The molecule has 0 unspecified atom stereocenters. The molecule has 2 N–H and O–H groups in total. The Morgan fingerprint density at radius 1 is 0.931 bits per heavy atom. The molecule has 5 heteroatoms. The Morgan fingerprint density at radius 2 is 1.69 bits per heavy atom. The fraction of sp³-hybridized carbons (Fsp3) is 0.333. The van der Waals surface area contributed by atoms with Gasteiger partial charge in [0, 0.05) is 48.5 Å². The minimum Gasteiger partial charge on any atom is -0.372 e. The van der Waals surface area contributed by atoms with Gasteiger partial charge in [0.05, 0.1) is 5.69 Å². The SMILES string of the molecule is O=C(NCc1ccc(N2CCCCCCC2)cc1)Nc1cccc2cnccc12. The van der Waals surface area contributed by atoms with Crippen LogP contribution in [0.25, 0.3) is 10.8 Å². The van der Waals surface area contributed by atoms with E-state index in [1.165, 1.54) is 37.8 Å². The topological polar surface area (TPSA) is 57.3 Å². The number of fused-ring (bicyclic) bond motifs is 1. The zero-order valence-corrected chi connectivity index (χ0v) is 16.7. The lowest BCUT2D eigenvalue weighted by Crippen LogP contribution is -2.28. The summed E-state index contributed by atoms with van der Waals surface area (Å²) < 4.78 is 0. The lowest BCUT2D eigenvalue weighted by Gasteiger charge is -2.27. The molecule has 29 heavy (non-hydrogen) atoms. The standard InChI is InChI=1S/C24H28N4O/c29-24(27-23-8-6-7-20-18-25-14-13-22(20)23)26-17-19-9-11-21(12-10-19)28-15-4-2-1-3-5-16-28/h6-14,18H,1-5,15-17H2,(H2,26,27,29). The van der Waals surface area contributed by atoms with E-state index >= 15 is 0 Å². The lowest BCUT2D eigenvalue weighted by molar-refractivity contribution is 0.252. The molecule has 150 valence electrons. The van der Waals surface area contributed by atoms with Gasteiger partial charge in [-0.25, -0.2) is 4.79 Å². The van der Waals surface area contributed by atoms with Crippen molar-refractivity contribution in [1.82, 2.24) is 10.3 Å². The van der Waals surface area contributed by atoms with E-state index in [0.29, 0.717) is 6.54 Å². The first-order chi connectivity index (χ1) is 14.3. The van der Waals surface area contributed by atoms with Gasteiger partial charge >= 0.3 is 6.03 Å². The highest BCUT2D eigenvalue weighted by molar-refractivity contribution is 6.01. The zero-order chi connectivity index (χ0) is 19.9. The number of urea groups is 1. The molecule has 2 heterocycles. The maximum Gasteiger partial charge on any atom is 0.319 e. The van der Waals surface area contributed by atoms with Crippen LogP contribution < -0.4 is 15.5 Å². The second kappa shape index (κ2) is 9.41. The van der Waals surface area contributed by atoms with E-state index in [-0.39, 0.29) is 6.03 Å². The minimum absolute atomic E-state index is 0.206. The normalized spacial score (nSPS) is 14.8. The summed E-state index contributed by atoms with van der Waals surface area (Å²) >= 11 is 0. The van der Waals surface area contributed by atoms with Crippen LogP contribution in [0.2, 0.25) is 0 Å². The fourth-order valence-corrected chi connectivity index (χ4v) is 3.91. The molecular weight excluding hydrogens is 360 g/mol. The highest BCUT2D eigenvalue weighted by Gasteiger charge is 2.09. The van der Waals surface area contributed by atoms with Gasteiger partial charge < -0.3 is 15.5 Å².